The monoisotopic (exact) mass is 647 g/mol. The van der Waals surface area contributed by atoms with E-state index in [0.29, 0.717) is 12.3 Å². The second kappa shape index (κ2) is 19.8. The number of carbonyl (C=O) groups is 3. The Bertz CT molecular complexity index is 1190. The summed E-state index contributed by atoms with van der Waals surface area (Å²) in [5.74, 6) is -0.554. The molecular weight excluding hydrogens is 605 g/mol. The average Bonchev–Trinajstić information content (AvgIpc) is 3.37. The molecule has 2 rings (SSSR count). The lowest BCUT2D eigenvalue weighted by Gasteiger charge is -2.19. The molecule has 0 aromatic carbocycles. The Morgan fingerprint density at radius 3 is 2.14 bits per heavy atom. The maximum atomic E-state index is 13.2. The molecule has 0 saturated heterocycles. The molecule has 2 aromatic rings. The van der Waals surface area contributed by atoms with Gasteiger partial charge in [0.25, 0.3) is 5.91 Å². The van der Waals surface area contributed by atoms with Gasteiger partial charge in [0.15, 0.2) is 11.3 Å². The van der Waals surface area contributed by atoms with Crippen molar-refractivity contribution < 1.29 is 56.5 Å². The lowest BCUT2D eigenvalue weighted by atomic mass is 10.2. The summed E-state index contributed by atoms with van der Waals surface area (Å²) in [6.45, 7) is 7.59. The van der Waals surface area contributed by atoms with Crippen LogP contribution < -0.4 is 5.48 Å². The van der Waals surface area contributed by atoms with Crippen molar-refractivity contribution in [2.75, 3.05) is 33.1 Å². The fourth-order valence-electron chi connectivity index (χ4n) is 3.37. The number of ether oxygens (including phenoxy) is 5. The molecule has 1 N–H and O–H groups in total. The zero-order valence-corrected chi connectivity index (χ0v) is 26.6. The third-order valence-electron chi connectivity index (χ3n) is 5.37. The van der Waals surface area contributed by atoms with Crippen molar-refractivity contribution in [1.29, 1.82) is 0 Å². The number of nitrogens with zero attached hydrogens (tertiary/aromatic N) is 4. The van der Waals surface area contributed by atoms with Gasteiger partial charge in [-0.1, -0.05) is 32.6 Å². The van der Waals surface area contributed by atoms with Gasteiger partial charge in [0, 0.05) is 6.54 Å². The summed E-state index contributed by atoms with van der Waals surface area (Å²) in [5.41, 5.74) is 3.04. The highest BCUT2D eigenvalue weighted by atomic mass is 31.2. The summed E-state index contributed by atoms with van der Waals surface area (Å²) < 4.78 is 49.6. The quantitative estimate of drug-likeness (QED) is 0.0643. The minimum atomic E-state index is -4.10. The largest absolute Gasteiger partial charge is 0.510 e. The van der Waals surface area contributed by atoms with Crippen molar-refractivity contribution in [2.45, 2.75) is 85.5 Å². The average molecular weight is 648 g/mol. The molecule has 1 amide bonds. The normalized spacial score (nSPS) is 11.6. The molecule has 0 spiro atoms. The zero-order chi connectivity index (χ0) is 32.4. The van der Waals surface area contributed by atoms with Crippen molar-refractivity contribution in [1.82, 2.24) is 25.0 Å². The van der Waals surface area contributed by atoms with Gasteiger partial charge in [0.2, 0.25) is 13.6 Å². The minimum absolute atomic E-state index is 0.0264. The number of fused-ring (bicyclic) bond motifs is 1. The Hall–Kier alpha value is -3.37. The maximum absolute atomic E-state index is 13.2. The van der Waals surface area contributed by atoms with Crippen LogP contribution in [-0.4, -0.2) is 83.1 Å². The van der Waals surface area contributed by atoms with E-state index in [-0.39, 0.29) is 24.4 Å². The smallest absolute Gasteiger partial charge is 0.432 e. The van der Waals surface area contributed by atoms with E-state index in [1.165, 1.54) is 12.7 Å². The molecule has 0 aliphatic carbocycles. The highest BCUT2D eigenvalue weighted by molar-refractivity contribution is 7.53. The Morgan fingerprint density at radius 2 is 1.52 bits per heavy atom. The number of rotatable bonds is 21. The van der Waals surface area contributed by atoms with E-state index in [0.717, 1.165) is 32.1 Å². The van der Waals surface area contributed by atoms with E-state index in [9.17, 15) is 18.9 Å². The van der Waals surface area contributed by atoms with Crippen molar-refractivity contribution in [3.05, 3.63) is 18.3 Å². The number of aromatic nitrogens is 4. The van der Waals surface area contributed by atoms with Crippen LogP contribution in [0.1, 0.15) is 77.2 Å². The van der Waals surface area contributed by atoms with Crippen molar-refractivity contribution in [3.8, 4) is 0 Å². The number of amides is 1. The Morgan fingerprint density at radius 1 is 0.886 bits per heavy atom. The number of hydrogen-bond acceptors (Lipinski definition) is 15. The first-order valence-electron chi connectivity index (χ1n) is 14.2. The van der Waals surface area contributed by atoms with Crippen molar-refractivity contribution in [2.24, 2.45) is 0 Å². The molecule has 44 heavy (non-hydrogen) atoms. The van der Waals surface area contributed by atoms with Gasteiger partial charge in [-0.3, -0.25) is 23.2 Å². The number of unbranched alkanes of at least 4 members (excludes halogenated alkanes) is 4. The van der Waals surface area contributed by atoms with E-state index in [2.05, 4.69) is 27.4 Å². The van der Waals surface area contributed by atoms with Gasteiger partial charge in [-0.15, -0.1) is 0 Å². The molecule has 0 aliphatic heterocycles. The lowest BCUT2D eigenvalue weighted by molar-refractivity contribution is -0.0344. The molecular formula is C26H42N5O12P. The molecule has 0 unspecified atom stereocenters. The summed E-state index contributed by atoms with van der Waals surface area (Å²) in [6, 6.07) is 0. The Kier molecular flexibility index (Phi) is 16.6. The Balaban J connectivity index is 1.91. The van der Waals surface area contributed by atoms with Crippen molar-refractivity contribution >= 4 is 37.0 Å². The predicted molar refractivity (Wildman–Crippen MR) is 153 cm³/mol. The second-order valence-electron chi connectivity index (χ2n) is 9.79. The van der Waals surface area contributed by atoms with E-state index < -0.39 is 58.0 Å². The van der Waals surface area contributed by atoms with Gasteiger partial charge in [-0.2, -0.15) is 0 Å². The van der Waals surface area contributed by atoms with Gasteiger partial charge >= 0.3 is 19.9 Å². The van der Waals surface area contributed by atoms with Crippen LogP contribution in [0.25, 0.3) is 11.2 Å². The van der Waals surface area contributed by atoms with Crippen LogP contribution in [0.4, 0.5) is 9.59 Å². The molecule has 0 aliphatic rings. The summed E-state index contributed by atoms with van der Waals surface area (Å²) in [4.78, 5) is 53.5. The maximum Gasteiger partial charge on any atom is 0.510 e. The fourth-order valence-corrected chi connectivity index (χ4v) is 4.37. The van der Waals surface area contributed by atoms with E-state index in [4.69, 9.17) is 37.6 Å². The summed E-state index contributed by atoms with van der Waals surface area (Å²) in [6.07, 6.45) is 4.38. The summed E-state index contributed by atoms with van der Waals surface area (Å²) >= 11 is 0. The predicted octanol–water partition coefficient (Wildman–Crippen LogP) is 4.70. The molecule has 18 heteroatoms. The lowest BCUT2D eigenvalue weighted by Crippen LogP contribution is -2.25. The summed E-state index contributed by atoms with van der Waals surface area (Å²) in [7, 11) is -4.10. The van der Waals surface area contributed by atoms with Crippen LogP contribution in [-0.2, 0) is 48.7 Å². The standard InChI is InChI=1S/C26H42N5O12P/c1-6-7-8-9-10-12-39-30-24(32)22-21-23(28-14-27-22)31(15-29-21)11-13-36-18-44(35,40-16-37-25(33)42-19(2)3)41-17-38-26(34)43-20(4)5/h14-15,19-20H,6-13,16-18H2,1-5H3,(H,30,32). The van der Waals surface area contributed by atoms with Gasteiger partial charge in [0.05, 0.1) is 31.7 Å². The Labute approximate surface area is 255 Å². The van der Waals surface area contributed by atoms with Crippen LogP contribution in [0, 0.1) is 0 Å². The van der Waals surface area contributed by atoms with Gasteiger partial charge in [0.1, 0.15) is 18.2 Å². The number of nitrogens with one attached hydrogen (secondary N) is 1. The second-order valence-corrected chi connectivity index (χ2v) is 11.8. The van der Waals surface area contributed by atoms with Gasteiger partial charge < -0.3 is 28.3 Å². The van der Waals surface area contributed by atoms with E-state index in [1.54, 1.807) is 32.3 Å². The van der Waals surface area contributed by atoms with Crippen LogP contribution in [0.3, 0.4) is 0 Å². The summed E-state index contributed by atoms with van der Waals surface area (Å²) in [5, 5.41) is 0. The SMILES string of the molecule is CCCCCCCONC(=O)c1ncnc2c1ncn2CCOCP(=O)(OCOC(=O)OC(C)C)OCOC(=O)OC(C)C. The molecule has 0 atom stereocenters. The van der Waals surface area contributed by atoms with Crippen molar-refractivity contribution in [3.63, 3.8) is 0 Å². The number of hydrogen-bond donors (Lipinski definition) is 1. The fraction of sp³-hybridized carbons (Fsp3) is 0.692. The topological polar surface area (TPSA) is 198 Å². The van der Waals surface area contributed by atoms with Crippen LogP contribution in [0.5, 0.6) is 0 Å². The minimum Gasteiger partial charge on any atom is -0.432 e. The molecule has 17 nitrogen and oxygen atoms in total. The van der Waals surface area contributed by atoms with E-state index in [1.807, 2.05) is 0 Å². The number of imidazole rings is 1. The van der Waals surface area contributed by atoms with E-state index >= 15 is 0 Å². The first-order valence-corrected chi connectivity index (χ1v) is 16.0. The molecule has 0 saturated carbocycles. The third-order valence-corrected chi connectivity index (χ3v) is 6.87. The third kappa shape index (κ3) is 13.9. The van der Waals surface area contributed by atoms with Crippen LogP contribution >= 0.6 is 7.60 Å². The molecule has 2 aromatic heterocycles. The molecule has 2 heterocycles. The zero-order valence-electron chi connectivity index (χ0n) is 25.7. The molecule has 0 fully saturated rings. The van der Waals surface area contributed by atoms with Gasteiger partial charge in [-0.05, 0) is 34.1 Å². The first-order chi connectivity index (χ1) is 21.0. The molecule has 248 valence electrons. The van der Waals surface area contributed by atoms with Crippen LogP contribution in [0.2, 0.25) is 0 Å². The van der Waals surface area contributed by atoms with Crippen LogP contribution in [0.15, 0.2) is 12.7 Å². The highest BCUT2D eigenvalue weighted by Gasteiger charge is 2.28. The van der Waals surface area contributed by atoms with Gasteiger partial charge in [-0.25, -0.2) is 30.0 Å². The number of hydroxylamine groups is 1. The number of carbonyl (C=O) groups excluding carboxylic acids is 3. The molecule has 0 bridgehead atoms. The highest BCUT2D eigenvalue weighted by Crippen LogP contribution is 2.48. The molecule has 0 radical (unpaired) electrons. The first kappa shape index (κ1) is 36.8.